The van der Waals surface area contributed by atoms with Crippen molar-refractivity contribution in [3.63, 3.8) is 0 Å². The van der Waals surface area contributed by atoms with E-state index in [1.54, 1.807) is 0 Å². The molecule has 0 aromatic heterocycles. The first-order valence-corrected chi connectivity index (χ1v) is 8.99. The summed E-state index contributed by atoms with van der Waals surface area (Å²) in [6.45, 7) is 0.704. The van der Waals surface area contributed by atoms with Crippen LogP contribution in [-0.4, -0.2) is 12.5 Å². The predicted molar refractivity (Wildman–Crippen MR) is 103 cm³/mol. The average Bonchev–Trinajstić information content (AvgIpc) is 2.59. The van der Waals surface area contributed by atoms with Crippen molar-refractivity contribution in [2.75, 3.05) is 6.54 Å². The van der Waals surface area contributed by atoms with Crippen molar-refractivity contribution in [2.45, 2.75) is 19.3 Å². The van der Waals surface area contributed by atoms with Crippen LogP contribution in [0.4, 0.5) is 0 Å². The largest absolute Gasteiger partial charge is 0.356 e. The van der Waals surface area contributed by atoms with E-state index in [2.05, 4.69) is 63.7 Å². The number of benzene rings is 3. The van der Waals surface area contributed by atoms with E-state index >= 15 is 0 Å². The number of fused-ring (bicyclic) bond motifs is 1. The maximum Gasteiger partial charge on any atom is 0.224 e. The summed E-state index contributed by atoms with van der Waals surface area (Å²) >= 11 is 3.43. The minimum atomic E-state index is 0.0750. The van der Waals surface area contributed by atoms with E-state index in [-0.39, 0.29) is 5.91 Å². The number of rotatable bonds is 6. The molecule has 0 saturated heterocycles. The maximum absolute atomic E-state index is 12.0. The number of hydrogen-bond acceptors (Lipinski definition) is 1. The predicted octanol–water partition coefficient (Wildman–Crippen LogP) is 4.89. The van der Waals surface area contributed by atoms with Crippen molar-refractivity contribution in [2.24, 2.45) is 0 Å². The van der Waals surface area contributed by atoms with Gasteiger partial charge in [0.25, 0.3) is 0 Å². The monoisotopic (exact) mass is 381 g/mol. The minimum absolute atomic E-state index is 0.0750. The Morgan fingerprint density at radius 3 is 2.62 bits per heavy atom. The smallest absolute Gasteiger partial charge is 0.224 e. The van der Waals surface area contributed by atoms with Crippen molar-refractivity contribution < 1.29 is 4.79 Å². The lowest BCUT2D eigenvalue weighted by Crippen LogP contribution is -2.26. The Hall–Kier alpha value is -2.13. The number of hydrogen-bond donors (Lipinski definition) is 1. The third-order valence-electron chi connectivity index (χ3n) is 4.08. The van der Waals surface area contributed by atoms with Crippen LogP contribution in [0.3, 0.4) is 0 Å². The van der Waals surface area contributed by atoms with Gasteiger partial charge in [0.15, 0.2) is 0 Å². The van der Waals surface area contributed by atoms with E-state index < -0.39 is 0 Å². The quantitative estimate of drug-likeness (QED) is 0.604. The molecule has 0 aliphatic heterocycles. The van der Waals surface area contributed by atoms with Gasteiger partial charge in [-0.2, -0.15) is 0 Å². The highest BCUT2D eigenvalue weighted by Gasteiger charge is 2.04. The van der Waals surface area contributed by atoms with Gasteiger partial charge in [-0.05, 0) is 46.9 Å². The van der Waals surface area contributed by atoms with Crippen molar-refractivity contribution in [1.29, 1.82) is 0 Å². The van der Waals surface area contributed by atoms with Gasteiger partial charge < -0.3 is 5.32 Å². The van der Waals surface area contributed by atoms with Crippen LogP contribution < -0.4 is 5.32 Å². The second kappa shape index (κ2) is 8.11. The van der Waals surface area contributed by atoms with Gasteiger partial charge in [-0.25, -0.2) is 0 Å². The molecule has 0 spiro atoms. The van der Waals surface area contributed by atoms with E-state index in [1.165, 1.54) is 16.3 Å². The van der Waals surface area contributed by atoms with E-state index in [9.17, 15) is 4.79 Å². The Kier molecular flexibility index (Phi) is 5.65. The van der Waals surface area contributed by atoms with Crippen molar-refractivity contribution in [1.82, 2.24) is 5.32 Å². The van der Waals surface area contributed by atoms with E-state index in [0.29, 0.717) is 13.0 Å². The Morgan fingerprint density at radius 2 is 1.75 bits per heavy atom. The Labute approximate surface area is 151 Å². The first-order valence-electron chi connectivity index (χ1n) is 8.20. The van der Waals surface area contributed by atoms with E-state index in [1.807, 2.05) is 24.3 Å². The van der Waals surface area contributed by atoms with Crippen LogP contribution >= 0.6 is 15.9 Å². The molecule has 1 N–H and O–H groups in total. The van der Waals surface area contributed by atoms with Crippen molar-refractivity contribution in [3.05, 3.63) is 82.3 Å². The van der Waals surface area contributed by atoms with Crippen LogP contribution in [0.5, 0.6) is 0 Å². The van der Waals surface area contributed by atoms with E-state index in [0.717, 1.165) is 22.9 Å². The summed E-state index contributed by atoms with van der Waals surface area (Å²) in [7, 11) is 0. The topological polar surface area (TPSA) is 29.1 Å². The number of nitrogens with one attached hydrogen (secondary N) is 1. The van der Waals surface area contributed by atoms with Gasteiger partial charge in [0.2, 0.25) is 5.91 Å². The van der Waals surface area contributed by atoms with Crippen molar-refractivity contribution >= 4 is 32.6 Å². The molecule has 0 aliphatic carbocycles. The summed E-state index contributed by atoms with van der Waals surface area (Å²) in [5, 5.41) is 5.59. The first kappa shape index (κ1) is 16.7. The maximum atomic E-state index is 12.0. The summed E-state index contributed by atoms with van der Waals surface area (Å²) in [5.41, 5.74) is 2.37. The lowest BCUT2D eigenvalue weighted by molar-refractivity contribution is -0.120. The Balaban J connectivity index is 1.49. The van der Waals surface area contributed by atoms with Gasteiger partial charge in [0.1, 0.15) is 0 Å². The number of halogens is 1. The molecule has 3 heteroatoms. The number of amides is 1. The fourth-order valence-electron chi connectivity index (χ4n) is 2.91. The molecule has 0 atom stereocenters. The zero-order chi connectivity index (χ0) is 16.8. The average molecular weight is 382 g/mol. The highest BCUT2D eigenvalue weighted by atomic mass is 79.9. The number of aryl methyl sites for hydroxylation is 1. The molecular weight excluding hydrogens is 362 g/mol. The molecule has 0 heterocycles. The second-order valence-corrected chi connectivity index (χ2v) is 6.81. The molecule has 3 rings (SSSR count). The highest BCUT2D eigenvalue weighted by Crippen LogP contribution is 2.19. The highest BCUT2D eigenvalue weighted by molar-refractivity contribution is 9.10. The van der Waals surface area contributed by atoms with Crippen LogP contribution in [0, 0.1) is 0 Å². The summed E-state index contributed by atoms with van der Waals surface area (Å²) in [5.74, 6) is 0.0750. The van der Waals surface area contributed by atoms with Crippen LogP contribution in [0.15, 0.2) is 71.2 Å². The molecular formula is C21H20BrNO. The van der Waals surface area contributed by atoms with Gasteiger partial charge >= 0.3 is 0 Å². The normalized spacial score (nSPS) is 10.7. The summed E-state index contributed by atoms with van der Waals surface area (Å²) in [6, 6.07) is 22.7. The third-order valence-corrected chi connectivity index (χ3v) is 4.57. The lowest BCUT2D eigenvalue weighted by atomic mass is 10.0. The molecule has 0 radical (unpaired) electrons. The van der Waals surface area contributed by atoms with Crippen LogP contribution in [0.1, 0.15) is 17.5 Å². The molecule has 0 unspecified atom stereocenters. The summed E-state index contributed by atoms with van der Waals surface area (Å²) in [4.78, 5) is 12.0. The molecule has 1 amide bonds. The molecule has 3 aromatic rings. The second-order valence-electron chi connectivity index (χ2n) is 5.90. The zero-order valence-electron chi connectivity index (χ0n) is 13.5. The zero-order valence-corrected chi connectivity index (χ0v) is 15.1. The molecule has 0 bridgehead atoms. The number of carbonyl (C=O) groups excluding carboxylic acids is 1. The first-order chi connectivity index (χ1) is 11.7. The Bertz CT molecular complexity index is 839. The van der Waals surface area contributed by atoms with Gasteiger partial charge in [-0.1, -0.05) is 70.5 Å². The van der Waals surface area contributed by atoms with Crippen LogP contribution in [0.25, 0.3) is 10.8 Å². The molecule has 0 aliphatic rings. The third kappa shape index (κ3) is 4.45. The standard InChI is InChI=1S/C21H20BrNO/c22-19-11-3-6-16(14-19)15-21(24)23-13-5-10-18-9-4-8-17-7-1-2-12-20(17)18/h1-4,6-9,11-12,14H,5,10,13,15H2,(H,23,24). The van der Waals surface area contributed by atoms with Gasteiger partial charge in [-0.3, -0.25) is 4.79 Å². The fourth-order valence-corrected chi connectivity index (χ4v) is 3.36. The Morgan fingerprint density at radius 1 is 0.958 bits per heavy atom. The summed E-state index contributed by atoms with van der Waals surface area (Å²) in [6.07, 6.45) is 2.34. The molecule has 122 valence electrons. The lowest BCUT2D eigenvalue weighted by Gasteiger charge is -2.08. The molecule has 3 aromatic carbocycles. The fraction of sp³-hybridized carbons (Fsp3) is 0.190. The summed E-state index contributed by atoms with van der Waals surface area (Å²) < 4.78 is 1.00. The molecule has 0 saturated carbocycles. The minimum Gasteiger partial charge on any atom is -0.356 e. The van der Waals surface area contributed by atoms with Gasteiger partial charge in [0.05, 0.1) is 6.42 Å². The SMILES string of the molecule is O=C(Cc1cccc(Br)c1)NCCCc1cccc2ccccc12. The van der Waals surface area contributed by atoms with E-state index in [4.69, 9.17) is 0 Å². The van der Waals surface area contributed by atoms with Gasteiger partial charge in [0, 0.05) is 11.0 Å². The molecule has 0 fully saturated rings. The van der Waals surface area contributed by atoms with Crippen LogP contribution in [0.2, 0.25) is 0 Å². The number of carbonyl (C=O) groups is 1. The molecule has 24 heavy (non-hydrogen) atoms. The van der Waals surface area contributed by atoms with Gasteiger partial charge in [-0.15, -0.1) is 0 Å². The van der Waals surface area contributed by atoms with Crippen LogP contribution in [-0.2, 0) is 17.6 Å². The molecule has 2 nitrogen and oxygen atoms in total. The van der Waals surface area contributed by atoms with Crippen molar-refractivity contribution in [3.8, 4) is 0 Å².